The molecule has 14 heavy (non-hydrogen) atoms. The van der Waals surface area contributed by atoms with E-state index in [-0.39, 0.29) is 12.1 Å². The Balaban J connectivity index is 2.85. The van der Waals surface area contributed by atoms with E-state index in [9.17, 15) is 0 Å². The molecule has 78 valence electrons. The predicted molar refractivity (Wildman–Crippen MR) is 62.9 cm³/mol. The van der Waals surface area contributed by atoms with Gasteiger partial charge in [0, 0.05) is 12.1 Å². The normalized spacial score (nSPS) is 14.9. The van der Waals surface area contributed by atoms with Crippen LogP contribution in [0.15, 0.2) is 18.2 Å². The second kappa shape index (κ2) is 4.67. The van der Waals surface area contributed by atoms with Gasteiger partial charge >= 0.3 is 0 Å². The Kier molecular flexibility index (Phi) is 3.78. The maximum atomic E-state index is 6.07. The van der Waals surface area contributed by atoms with E-state index in [4.69, 9.17) is 17.3 Å². The summed E-state index contributed by atoms with van der Waals surface area (Å²) in [7, 11) is 0. The summed E-state index contributed by atoms with van der Waals surface area (Å²) in [4.78, 5) is 0. The number of nitrogens with two attached hydrogens (primary N) is 1. The Morgan fingerprint density at radius 1 is 1.36 bits per heavy atom. The van der Waals surface area contributed by atoms with Gasteiger partial charge in [0.05, 0.1) is 10.7 Å². The maximum absolute atomic E-state index is 6.07. The molecule has 1 aromatic rings. The molecule has 0 aliphatic rings. The van der Waals surface area contributed by atoms with Crippen LogP contribution in [0.1, 0.15) is 19.4 Å². The smallest absolute Gasteiger partial charge is 0.0640 e. The number of benzene rings is 1. The molecule has 2 atom stereocenters. The van der Waals surface area contributed by atoms with Crippen molar-refractivity contribution in [2.45, 2.75) is 32.9 Å². The SMILES string of the molecule is Cc1cccc(Cl)c1NC(C)C(C)N. The number of aryl methyl sites for hydroxylation is 1. The van der Waals surface area contributed by atoms with Gasteiger partial charge in [-0.15, -0.1) is 0 Å². The van der Waals surface area contributed by atoms with E-state index >= 15 is 0 Å². The molecule has 0 bridgehead atoms. The van der Waals surface area contributed by atoms with Crippen LogP contribution in [-0.4, -0.2) is 12.1 Å². The maximum Gasteiger partial charge on any atom is 0.0640 e. The van der Waals surface area contributed by atoms with Gasteiger partial charge in [-0.1, -0.05) is 23.7 Å². The van der Waals surface area contributed by atoms with Crippen molar-refractivity contribution in [3.8, 4) is 0 Å². The molecule has 2 nitrogen and oxygen atoms in total. The van der Waals surface area contributed by atoms with E-state index in [2.05, 4.69) is 5.32 Å². The van der Waals surface area contributed by atoms with Crippen LogP contribution in [0.3, 0.4) is 0 Å². The zero-order valence-electron chi connectivity index (χ0n) is 8.84. The summed E-state index contributed by atoms with van der Waals surface area (Å²) < 4.78 is 0. The fourth-order valence-corrected chi connectivity index (χ4v) is 1.45. The Bertz CT molecular complexity index is 290. The van der Waals surface area contributed by atoms with Crippen molar-refractivity contribution >= 4 is 17.3 Å². The van der Waals surface area contributed by atoms with Crippen LogP contribution >= 0.6 is 11.6 Å². The molecular formula is C11H17ClN2. The Labute approximate surface area is 90.4 Å². The molecule has 0 radical (unpaired) electrons. The van der Waals surface area contributed by atoms with Crippen molar-refractivity contribution in [3.05, 3.63) is 28.8 Å². The summed E-state index contributed by atoms with van der Waals surface area (Å²) in [5, 5.41) is 4.07. The molecule has 3 heteroatoms. The average molecular weight is 213 g/mol. The summed E-state index contributed by atoms with van der Waals surface area (Å²) >= 11 is 6.07. The molecule has 0 fully saturated rings. The molecular weight excluding hydrogens is 196 g/mol. The van der Waals surface area contributed by atoms with Crippen LogP contribution in [0.2, 0.25) is 5.02 Å². The summed E-state index contributed by atoms with van der Waals surface area (Å²) in [6.07, 6.45) is 0. The number of halogens is 1. The highest BCUT2D eigenvalue weighted by Gasteiger charge is 2.10. The van der Waals surface area contributed by atoms with Gasteiger partial charge in [0.1, 0.15) is 0 Å². The molecule has 0 spiro atoms. The largest absolute Gasteiger partial charge is 0.380 e. The summed E-state index contributed by atoms with van der Waals surface area (Å²) in [5.41, 5.74) is 7.91. The third-order valence-electron chi connectivity index (χ3n) is 2.38. The molecule has 0 saturated heterocycles. The Morgan fingerprint density at radius 2 is 2.00 bits per heavy atom. The van der Waals surface area contributed by atoms with Gasteiger partial charge in [-0.2, -0.15) is 0 Å². The van der Waals surface area contributed by atoms with E-state index in [1.165, 1.54) is 0 Å². The summed E-state index contributed by atoms with van der Waals surface area (Å²) in [5.74, 6) is 0. The lowest BCUT2D eigenvalue weighted by molar-refractivity contribution is 0.638. The van der Waals surface area contributed by atoms with E-state index in [1.807, 2.05) is 39.0 Å². The molecule has 0 amide bonds. The van der Waals surface area contributed by atoms with E-state index in [1.54, 1.807) is 0 Å². The first-order chi connectivity index (χ1) is 6.52. The molecule has 1 aromatic carbocycles. The molecule has 0 saturated carbocycles. The number of para-hydroxylation sites is 1. The zero-order chi connectivity index (χ0) is 10.7. The minimum absolute atomic E-state index is 0.102. The third-order valence-corrected chi connectivity index (χ3v) is 2.70. The van der Waals surface area contributed by atoms with Crippen LogP contribution in [0.5, 0.6) is 0 Å². The second-order valence-electron chi connectivity index (χ2n) is 3.72. The average Bonchev–Trinajstić information content (AvgIpc) is 2.11. The second-order valence-corrected chi connectivity index (χ2v) is 4.13. The summed E-state index contributed by atoms with van der Waals surface area (Å²) in [6.45, 7) is 6.05. The van der Waals surface area contributed by atoms with Crippen molar-refractivity contribution in [1.29, 1.82) is 0 Å². The van der Waals surface area contributed by atoms with Crippen LogP contribution in [0, 0.1) is 6.92 Å². The van der Waals surface area contributed by atoms with Gasteiger partial charge in [0.2, 0.25) is 0 Å². The molecule has 0 aliphatic carbocycles. The van der Waals surface area contributed by atoms with Gasteiger partial charge in [-0.25, -0.2) is 0 Å². The van der Waals surface area contributed by atoms with Crippen LogP contribution < -0.4 is 11.1 Å². The van der Waals surface area contributed by atoms with E-state index < -0.39 is 0 Å². The highest BCUT2D eigenvalue weighted by Crippen LogP contribution is 2.25. The number of hydrogen-bond acceptors (Lipinski definition) is 2. The highest BCUT2D eigenvalue weighted by molar-refractivity contribution is 6.33. The number of hydrogen-bond donors (Lipinski definition) is 2. The quantitative estimate of drug-likeness (QED) is 0.809. The van der Waals surface area contributed by atoms with E-state index in [0.717, 1.165) is 16.3 Å². The molecule has 1 rings (SSSR count). The van der Waals surface area contributed by atoms with Gasteiger partial charge in [0.25, 0.3) is 0 Å². The first kappa shape index (κ1) is 11.3. The third kappa shape index (κ3) is 2.63. The van der Waals surface area contributed by atoms with E-state index in [0.29, 0.717) is 0 Å². The van der Waals surface area contributed by atoms with Gasteiger partial charge in [-0.3, -0.25) is 0 Å². The monoisotopic (exact) mass is 212 g/mol. The van der Waals surface area contributed by atoms with Crippen LogP contribution in [-0.2, 0) is 0 Å². The molecule has 0 aliphatic heterocycles. The molecule has 0 aromatic heterocycles. The van der Waals surface area contributed by atoms with Crippen molar-refractivity contribution in [1.82, 2.24) is 0 Å². The van der Waals surface area contributed by atoms with Crippen molar-refractivity contribution in [2.75, 3.05) is 5.32 Å². The lowest BCUT2D eigenvalue weighted by Gasteiger charge is -2.21. The predicted octanol–water partition coefficient (Wildman–Crippen LogP) is 2.80. The van der Waals surface area contributed by atoms with Crippen LogP contribution in [0.25, 0.3) is 0 Å². The van der Waals surface area contributed by atoms with Crippen molar-refractivity contribution in [2.24, 2.45) is 5.73 Å². The molecule has 0 heterocycles. The first-order valence-corrected chi connectivity index (χ1v) is 5.17. The fourth-order valence-electron chi connectivity index (χ4n) is 1.17. The molecule has 3 N–H and O–H groups in total. The number of anilines is 1. The lowest BCUT2D eigenvalue weighted by atomic mass is 10.1. The topological polar surface area (TPSA) is 38.0 Å². The zero-order valence-corrected chi connectivity index (χ0v) is 9.60. The first-order valence-electron chi connectivity index (χ1n) is 4.79. The Hall–Kier alpha value is -0.730. The van der Waals surface area contributed by atoms with Gasteiger partial charge in [-0.05, 0) is 32.4 Å². The van der Waals surface area contributed by atoms with Gasteiger partial charge < -0.3 is 11.1 Å². The Morgan fingerprint density at radius 3 is 2.50 bits per heavy atom. The number of nitrogens with one attached hydrogen (secondary N) is 1. The summed E-state index contributed by atoms with van der Waals surface area (Å²) in [6, 6.07) is 6.17. The highest BCUT2D eigenvalue weighted by atomic mass is 35.5. The minimum atomic E-state index is 0.102. The molecule has 2 unspecified atom stereocenters. The van der Waals surface area contributed by atoms with Crippen molar-refractivity contribution in [3.63, 3.8) is 0 Å². The number of rotatable bonds is 3. The minimum Gasteiger partial charge on any atom is -0.380 e. The fraction of sp³-hybridized carbons (Fsp3) is 0.455. The van der Waals surface area contributed by atoms with Gasteiger partial charge in [0.15, 0.2) is 0 Å². The standard InChI is InChI=1S/C11H17ClN2/c1-7-5-4-6-10(12)11(7)14-9(3)8(2)13/h4-6,8-9,14H,13H2,1-3H3. The van der Waals surface area contributed by atoms with Crippen LogP contribution in [0.4, 0.5) is 5.69 Å². The lowest BCUT2D eigenvalue weighted by Crippen LogP contribution is -2.35. The van der Waals surface area contributed by atoms with Crippen molar-refractivity contribution < 1.29 is 0 Å².